The van der Waals surface area contributed by atoms with Crippen LogP contribution in [0.2, 0.25) is 0 Å². The number of hydrogen-bond acceptors (Lipinski definition) is 5. The van der Waals surface area contributed by atoms with Crippen LogP contribution in [0.1, 0.15) is 24.7 Å². The molecule has 7 nitrogen and oxygen atoms in total. The molecule has 1 aromatic carbocycles. The number of carbonyl (C=O) groups is 2. The molecule has 7 heteroatoms. The number of carbonyl (C=O) groups excluding carboxylic acids is 2. The number of ether oxygens (including phenoxy) is 1. The molecule has 1 saturated carbocycles. The first-order valence-corrected chi connectivity index (χ1v) is 9.24. The Bertz CT molecular complexity index is 791. The SMILES string of the molecule is CC(=O)N1CC2CC(C1)C2Cc1ccc(NC(=O)OCc2cnco2)cc1. The van der Waals surface area contributed by atoms with E-state index in [0.717, 1.165) is 19.5 Å². The van der Waals surface area contributed by atoms with Gasteiger partial charge in [-0.15, -0.1) is 0 Å². The third-order valence-corrected chi connectivity index (χ3v) is 5.67. The number of hydrogen-bond donors (Lipinski definition) is 1. The van der Waals surface area contributed by atoms with Crippen molar-refractivity contribution >= 4 is 17.7 Å². The molecule has 0 radical (unpaired) electrons. The second-order valence-electron chi connectivity index (χ2n) is 7.41. The summed E-state index contributed by atoms with van der Waals surface area (Å²) >= 11 is 0. The van der Waals surface area contributed by atoms with Crippen molar-refractivity contribution in [2.24, 2.45) is 17.8 Å². The Morgan fingerprint density at radius 1 is 1.26 bits per heavy atom. The molecule has 5 rings (SSSR count). The van der Waals surface area contributed by atoms with E-state index in [-0.39, 0.29) is 12.5 Å². The van der Waals surface area contributed by atoms with E-state index in [1.807, 2.05) is 29.2 Å². The van der Waals surface area contributed by atoms with Crippen molar-refractivity contribution in [3.05, 3.63) is 48.2 Å². The molecule has 3 heterocycles. The van der Waals surface area contributed by atoms with E-state index in [4.69, 9.17) is 9.15 Å². The summed E-state index contributed by atoms with van der Waals surface area (Å²) < 4.78 is 10.1. The maximum Gasteiger partial charge on any atom is 0.412 e. The molecule has 2 saturated heterocycles. The van der Waals surface area contributed by atoms with Crippen molar-refractivity contribution in [2.75, 3.05) is 18.4 Å². The number of fused-ring (bicyclic) bond motifs is 2. The fraction of sp³-hybridized carbons (Fsp3) is 0.450. The highest BCUT2D eigenvalue weighted by molar-refractivity contribution is 5.84. The fourth-order valence-corrected chi connectivity index (χ4v) is 4.18. The van der Waals surface area contributed by atoms with Gasteiger partial charge >= 0.3 is 6.09 Å². The minimum atomic E-state index is -0.531. The molecule has 0 spiro atoms. The quantitative estimate of drug-likeness (QED) is 0.875. The maximum absolute atomic E-state index is 11.8. The van der Waals surface area contributed by atoms with Crippen LogP contribution in [0, 0.1) is 17.8 Å². The summed E-state index contributed by atoms with van der Waals surface area (Å²) in [6.45, 7) is 3.49. The molecular weight excluding hydrogens is 346 g/mol. The first-order valence-electron chi connectivity index (χ1n) is 9.24. The van der Waals surface area contributed by atoms with Gasteiger partial charge in [0.2, 0.25) is 5.91 Å². The Hall–Kier alpha value is -2.83. The predicted octanol–water partition coefficient (Wildman–Crippen LogP) is 3.08. The number of nitrogens with one attached hydrogen (secondary N) is 1. The van der Waals surface area contributed by atoms with Gasteiger partial charge in [-0.05, 0) is 48.3 Å². The van der Waals surface area contributed by atoms with Gasteiger partial charge in [0.05, 0.1) is 6.20 Å². The van der Waals surface area contributed by atoms with Gasteiger partial charge in [0.1, 0.15) is 0 Å². The van der Waals surface area contributed by atoms with Crippen LogP contribution in [0.4, 0.5) is 10.5 Å². The maximum atomic E-state index is 11.8. The van der Waals surface area contributed by atoms with Gasteiger partial charge in [-0.25, -0.2) is 9.78 Å². The molecule has 2 amide bonds. The Balaban J connectivity index is 1.26. The molecule has 2 aromatic rings. The zero-order valence-electron chi connectivity index (χ0n) is 15.3. The van der Waals surface area contributed by atoms with Gasteiger partial charge in [0.15, 0.2) is 18.8 Å². The summed E-state index contributed by atoms with van der Waals surface area (Å²) in [7, 11) is 0. The lowest BCUT2D eigenvalue weighted by Gasteiger charge is -2.53. The molecule has 2 aliphatic heterocycles. The van der Waals surface area contributed by atoms with Crippen LogP contribution in [0.3, 0.4) is 0 Å². The van der Waals surface area contributed by atoms with E-state index in [9.17, 15) is 9.59 Å². The van der Waals surface area contributed by atoms with E-state index in [1.165, 1.54) is 24.6 Å². The lowest BCUT2D eigenvalue weighted by Crippen LogP contribution is -2.56. The second-order valence-corrected chi connectivity index (χ2v) is 7.41. The van der Waals surface area contributed by atoms with Gasteiger partial charge in [0.25, 0.3) is 0 Å². The van der Waals surface area contributed by atoms with Gasteiger partial charge in [-0.1, -0.05) is 12.1 Å². The van der Waals surface area contributed by atoms with Crippen LogP contribution in [-0.2, 0) is 22.6 Å². The van der Waals surface area contributed by atoms with Crippen molar-refractivity contribution in [1.29, 1.82) is 0 Å². The smallest absolute Gasteiger partial charge is 0.412 e. The average molecular weight is 369 g/mol. The van der Waals surface area contributed by atoms with Gasteiger partial charge in [-0.3, -0.25) is 10.1 Å². The molecule has 142 valence electrons. The minimum absolute atomic E-state index is 0.0473. The number of aromatic nitrogens is 1. The van der Waals surface area contributed by atoms with Crippen molar-refractivity contribution in [2.45, 2.75) is 26.4 Å². The first-order chi connectivity index (χ1) is 13.1. The van der Waals surface area contributed by atoms with E-state index >= 15 is 0 Å². The molecule has 3 fully saturated rings. The molecule has 27 heavy (non-hydrogen) atoms. The predicted molar refractivity (Wildman–Crippen MR) is 97.8 cm³/mol. The number of anilines is 1. The Kier molecular flexibility index (Phi) is 4.83. The number of benzene rings is 1. The van der Waals surface area contributed by atoms with E-state index in [2.05, 4.69) is 10.3 Å². The number of piperidine rings is 2. The van der Waals surface area contributed by atoms with Crippen molar-refractivity contribution in [3.8, 4) is 0 Å². The Morgan fingerprint density at radius 2 is 2.00 bits per heavy atom. The molecule has 2 bridgehead atoms. The summed E-state index contributed by atoms with van der Waals surface area (Å²) in [4.78, 5) is 29.1. The Labute approximate surface area is 157 Å². The van der Waals surface area contributed by atoms with E-state index in [0.29, 0.717) is 29.2 Å². The van der Waals surface area contributed by atoms with Crippen LogP contribution in [0.15, 0.2) is 41.3 Å². The zero-order chi connectivity index (χ0) is 18.8. The monoisotopic (exact) mass is 369 g/mol. The van der Waals surface area contributed by atoms with Crippen molar-refractivity contribution in [1.82, 2.24) is 9.88 Å². The molecule has 1 aromatic heterocycles. The Morgan fingerprint density at radius 3 is 2.63 bits per heavy atom. The van der Waals surface area contributed by atoms with Gasteiger partial charge in [0, 0.05) is 25.7 Å². The lowest BCUT2D eigenvalue weighted by atomic mass is 9.59. The average Bonchev–Trinajstić information content (AvgIpc) is 3.19. The topological polar surface area (TPSA) is 84.7 Å². The molecular formula is C20H23N3O4. The highest BCUT2D eigenvalue weighted by Crippen LogP contribution is 2.47. The third kappa shape index (κ3) is 3.97. The zero-order valence-corrected chi connectivity index (χ0v) is 15.3. The molecule has 1 aliphatic carbocycles. The normalized spacial score (nSPS) is 23.4. The molecule has 3 aliphatic rings. The summed E-state index contributed by atoms with van der Waals surface area (Å²) in [6, 6.07) is 7.87. The number of nitrogens with zero attached hydrogens (tertiary/aromatic N) is 2. The first kappa shape index (κ1) is 17.6. The molecule has 2 atom stereocenters. The van der Waals surface area contributed by atoms with Gasteiger partial charge < -0.3 is 14.1 Å². The van der Waals surface area contributed by atoms with Crippen molar-refractivity contribution in [3.63, 3.8) is 0 Å². The minimum Gasteiger partial charge on any atom is -0.445 e. The van der Waals surface area contributed by atoms with E-state index in [1.54, 1.807) is 6.92 Å². The second kappa shape index (κ2) is 7.42. The third-order valence-electron chi connectivity index (χ3n) is 5.67. The van der Waals surface area contributed by atoms with E-state index < -0.39 is 6.09 Å². The summed E-state index contributed by atoms with van der Waals surface area (Å²) in [5, 5.41) is 2.70. The van der Waals surface area contributed by atoms with Crippen molar-refractivity contribution < 1.29 is 18.7 Å². The summed E-state index contributed by atoms with van der Waals surface area (Å²) in [5.74, 6) is 2.59. The lowest BCUT2D eigenvalue weighted by molar-refractivity contribution is -0.139. The molecule has 2 unspecified atom stereocenters. The van der Waals surface area contributed by atoms with Gasteiger partial charge in [-0.2, -0.15) is 0 Å². The highest BCUT2D eigenvalue weighted by Gasteiger charge is 2.46. The molecule has 1 N–H and O–H groups in total. The number of rotatable bonds is 5. The standard InChI is InChI=1S/C20H23N3O4/c1-13(24)23-9-15-7-16(10-23)19(15)6-14-2-4-17(5-3-14)22-20(25)26-11-18-8-21-12-27-18/h2-5,8,12,15-16,19H,6-7,9-11H2,1H3,(H,22,25). The number of amides is 2. The van der Waals surface area contributed by atoms with Crippen LogP contribution in [0.25, 0.3) is 0 Å². The fourth-order valence-electron chi connectivity index (χ4n) is 4.18. The van der Waals surface area contributed by atoms with Crippen LogP contribution in [-0.4, -0.2) is 35.0 Å². The number of oxazole rings is 1. The summed E-state index contributed by atoms with van der Waals surface area (Å²) in [5.41, 5.74) is 1.95. The van der Waals surface area contributed by atoms with Crippen LogP contribution >= 0.6 is 0 Å². The summed E-state index contributed by atoms with van der Waals surface area (Å²) in [6.07, 6.45) is 4.54. The van der Waals surface area contributed by atoms with Crippen LogP contribution in [0.5, 0.6) is 0 Å². The van der Waals surface area contributed by atoms with Crippen LogP contribution < -0.4 is 5.32 Å². The largest absolute Gasteiger partial charge is 0.445 e. The highest BCUT2D eigenvalue weighted by atomic mass is 16.6.